The lowest BCUT2D eigenvalue weighted by Crippen LogP contribution is -2.49. The number of nitrogens with zero attached hydrogens (tertiary/aromatic N) is 1. The van der Waals surface area contributed by atoms with E-state index in [2.05, 4.69) is 19.1 Å². The molecule has 0 N–H and O–H groups in total. The van der Waals surface area contributed by atoms with Crippen LogP contribution in [-0.2, 0) is 11.2 Å². The van der Waals surface area contributed by atoms with Crippen molar-refractivity contribution in [2.24, 2.45) is 0 Å². The van der Waals surface area contributed by atoms with Crippen molar-refractivity contribution in [2.45, 2.75) is 58.0 Å². The molecule has 1 spiro atoms. The number of ether oxygens (including phenoxy) is 2. The van der Waals surface area contributed by atoms with Crippen LogP contribution in [0.1, 0.15) is 64.0 Å². The molecule has 3 aromatic rings. The molecule has 166 valence electrons. The summed E-state index contributed by atoms with van der Waals surface area (Å²) in [4.78, 5) is 19.2. The maximum Gasteiger partial charge on any atom is 0.150 e. The lowest BCUT2D eigenvalue weighted by Gasteiger charge is -2.48. The summed E-state index contributed by atoms with van der Waals surface area (Å²) in [6.07, 6.45) is 12.9. The monoisotopic (exact) mass is 447 g/mol. The maximum absolute atomic E-state index is 11.8. The Hall–Kier alpha value is -2.50. The number of benzene rings is 1. The fraction of sp³-hybridized carbons (Fsp3) is 0.407. The fourth-order valence-corrected chi connectivity index (χ4v) is 6.13. The highest BCUT2D eigenvalue weighted by Crippen LogP contribution is 2.44. The van der Waals surface area contributed by atoms with Crippen LogP contribution in [0.5, 0.6) is 5.75 Å². The van der Waals surface area contributed by atoms with Crippen molar-refractivity contribution in [1.29, 1.82) is 0 Å². The van der Waals surface area contributed by atoms with Crippen LogP contribution in [0, 0.1) is 13.8 Å². The van der Waals surface area contributed by atoms with E-state index in [0.717, 1.165) is 52.8 Å². The Balaban J connectivity index is 0.000000259. The van der Waals surface area contributed by atoms with Gasteiger partial charge in [0.1, 0.15) is 5.75 Å². The Bertz CT molecular complexity index is 1200. The average molecular weight is 448 g/mol. The minimum Gasteiger partial charge on any atom is -0.496 e. The fourth-order valence-electron chi connectivity index (χ4n) is 4.89. The van der Waals surface area contributed by atoms with E-state index in [0.29, 0.717) is 16.9 Å². The van der Waals surface area contributed by atoms with Gasteiger partial charge in [0.15, 0.2) is 6.29 Å². The van der Waals surface area contributed by atoms with Crippen molar-refractivity contribution < 1.29 is 14.3 Å². The highest BCUT2D eigenvalue weighted by Gasteiger charge is 2.43. The molecular weight excluding hydrogens is 418 g/mol. The van der Waals surface area contributed by atoms with E-state index in [9.17, 15) is 4.79 Å². The van der Waals surface area contributed by atoms with E-state index in [1.165, 1.54) is 41.7 Å². The molecule has 32 heavy (non-hydrogen) atoms. The van der Waals surface area contributed by atoms with Crippen LogP contribution >= 0.6 is 11.3 Å². The number of hydrogen-bond donors (Lipinski definition) is 0. The van der Waals surface area contributed by atoms with Crippen molar-refractivity contribution in [2.75, 3.05) is 13.7 Å². The first-order chi connectivity index (χ1) is 15.5. The molecule has 0 amide bonds. The highest BCUT2D eigenvalue weighted by molar-refractivity contribution is 7.16. The largest absolute Gasteiger partial charge is 0.496 e. The standard InChI is InChI=1S/C21H19NO2S.C6H10O/c1-12-8-9-17(24-3)19-14(11-23)10-16(22-20(12)19)21-13(2)15-6-4-5-7-18(15)25-21;1-2-6(3-1)4-5-7-6/h5,7-11H,4,6H2,1-3H3;1-5H2. The maximum atomic E-state index is 11.8. The van der Waals surface area contributed by atoms with Gasteiger partial charge in [-0.1, -0.05) is 12.1 Å². The number of aldehydes is 1. The number of thiophene rings is 1. The normalized spacial score (nSPS) is 17.7. The van der Waals surface area contributed by atoms with E-state index in [1.807, 2.05) is 25.1 Å². The van der Waals surface area contributed by atoms with Gasteiger partial charge in [0, 0.05) is 10.4 Å². The molecule has 1 saturated heterocycles. The van der Waals surface area contributed by atoms with E-state index in [1.54, 1.807) is 18.4 Å². The van der Waals surface area contributed by atoms with Gasteiger partial charge in [-0.3, -0.25) is 4.79 Å². The molecule has 2 aliphatic carbocycles. The van der Waals surface area contributed by atoms with Gasteiger partial charge in [-0.15, -0.1) is 11.3 Å². The molecule has 3 heterocycles. The Morgan fingerprint density at radius 2 is 2.03 bits per heavy atom. The van der Waals surface area contributed by atoms with E-state index < -0.39 is 0 Å². The Morgan fingerprint density at radius 1 is 1.22 bits per heavy atom. The molecule has 2 fully saturated rings. The molecule has 4 nitrogen and oxygen atoms in total. The summed E-state index contributed by atoms with van der Waals surface area (Å²) in [7, 11) is 1.62. The van der Waals surface area contributed by atoms with Gasteiger partial charge in [0.25, 0.3) is 0 Å². The number of carbonyl (C=O) groups excluding carboxylic acids is 1. The van der Waals surface area contributed by atoms with Crippen LogP contribution in [0.4, 0.5) is 0 Å². The first-order valence-corrected chi connectivity index (χ1v) is 12.2. The number of aryl methyl sites for hydroxylation is 1. The molecule has 0 bridgehead atoms. The predicted molar refractivity (Wildman–Crippen MR) is 131 cm³/mol. The van der Waals surface area contributed by atoms with E-state index in [4.69, 9.17) is 14.5 Å². The Morgan fingerprint density at radius 3 is 2.59 bits per heavy atom. The van der Waals surface area contributed by atoms with Gasteiger partial charge in [-0.2, -0.15) is 0 Å². The molecule has 6 rings (SSSR count). The van der Waals surface area contributed by atoms with Crippen LogP contribution in [0.3, 0.4) is 0 Å². The number of carbonyl (C=O) groups is 1. The van der Waals surface area contributed by atoms with Gasteiger partial charge in [0.2, 0.25) is 0 Å². The zero-order valence-corrected chi connectivity index (χ0v) is 19.8. The molecule has 0 unspecified atom stereocenters. The van der Waals surface area contributed by atoms with Crippen molar-refractivity contribution >= 4 is 34.6 Å². The van der Waals surface area contributed by atoms with Crippen molar-refractivity contribution in [3.05, 3.63) is 51.4 Å². The minimum absolute atomic E-state index is 0.444. The number of aromatic nitrogens is 1. The van der Waals surface area contributed by atoms with Crippen LogP contribution in [0.25, 0.3) is 27.6 Å². The summed E-state index contributed by atoms with van der Waals surface area (Å²) >= 11 is 1.76. The molecule has 2 aromatic heterocycles. The second-order valence-electron chi connectivity index (χ2n) is 9.00. The van der Waals surface area contributed by atoms with Crippen LogP contribution in [0.2, 0.25) is 0 Å². The summed E-state index contributed by atoms with van der Waals surface area (Å²) in [5, 5.41) is 0.792. The van der Waals surface area contributed by atoms with Gasteiger partial charge in [-0.25, -0.2) is 4.98 Å². The third-order valence-corrected chi connectivity index (χ3v) is 8.42. The van der Waals surface area contributed by atoms with Gasteiger partial charge < -0.3 is 9.47 Å². The number of fused-ring (bicyclic) bond motifs is 2. The minimum atomic E-state index is 0.444. The molecule has 1 aliphatic heterocycles. The summed E-state index contributed by atoms with van der Waals surface area (Å²) in [5.41, 5.74) is 6.52. The zero-order chi connectivity index (χ0) is 22.3. The number of rotatable bonds is 3. The Kier molecular flexibility index (Phi) is 5.64. The Labute approximate surface area is 193 Å². The molecule has 0 atom stereocenters. The first kappa shape index (κ1) is 21.4. The van der Waals surface area contributed by atoms with E-state index >= 15 is 0 Å². The molecule has 0 radical (unpaired) electrons. The van der Waals surface area contributed by atoms with Crippen LogP contribution in [0.15, 0.2) is 24.3 Å². The lowest BCUT2D eigenvalue weighted by molar-refractivity contribution is -0.190. The third-order valence-electron chi connectivity index (χ3n) is 7.10. The second kappa shape index (κ2) is 8.45. The molecular formula is C27H29NO3S. The number of allylic oxidation sites excluding steroid dienone is 1. The average Bonchev–Trinajstić information content (AvgIpc) is 3.09. The quantitative estimate of drug-likeness (QED) is 0.420. The summed E-state index contributed by atoms with van der Waals surface area (Å²) < 4.78 is 10.8. The highest BCUT2D eigenvalue weighted by atomic mass is 32.1. The van der Waals surface area contributed by atoms with Crippen LogP contribution in [-0.4, -0.2) is 30.6 Å². The predicted octanol–water partition coefficient (Wildman–Crippen LogP) is 6.69. The molecule has 1 saturated carbocycles. The topological polar surface area (TPSA) is 48.4 Å². The molecule has 1 aromatic carbocycles. The zero-order valence-electron chi connectivity index (χ0n) is 19.0. The number of methoxy groups -OCH3 is 1. The van der Waals surface area contributed by atoms with Gasteiger partial charge in [0.05, 0.1) is 40.8 Å². The number of pyridine rings is 1. The van der Waals surface area contributed by atoms with Gasteiger partial charge >= 0.3 is 0 Å². The van der Waals surface area contributed by atoms with Crippen molar-refractivity contribution in [1.82, 2.24) is 4.98 Å². The summed E-state index contributed by atoms with van der Waals surface area (Å²) in [6.45, 7) is 5.21. The second-order valence-corrected chi connectivity index (χ2v) is 10.1. The van der Waals surface area contributed by atoms with Crippen molar-refractivity contribution in [3.63, 3.8) is 0 Å². The number of hydrogen-bond acceptors (Lipinski definition) is 5. The first-order valence-electron chi connectivity index (χ1n) is 11.4. The van der Waals surface area contributed by atoms with E-state index in [-0.39, 0.29) is 0 Å². The lowest BCUT2D eigenvalue weighted by atomic mass is 9.75. The van der Waals surface area contributed by atoms with Crippen LogP contribution < -0.4 is 4.74 Å². The third kappa shape index (κ3) is 3.57. The van der Waals surface area contributed by atoms with Gasteiger partial charge in [-0.05, 0) is 87.3 Å². The molecule has 3 aliphatic rings. The summed E-state index contributed by atoms with van der Waals surface area (Å²) in [6, 6.07) is 5.78. The molecule has 5 heteroatoms. The smallest absolute Gasteiger partial charge is 0.150 e. The van der Waals surface area contributed by atoms with Crippen molar-refractivity contribution in [3.8, 4) is 16.3 Å². The summed E-state index contributed by atoms with van der Waals surface area (Å²) in [5.74, 6) is 0.687. The SMILES string of the molecule is C1CC2(C1)CCO2.COc1ccc(C)c2nc(-c3sc4c(c3C)CCC=C4)cc(C=O)c12.